The lowest BCUT2D eigenvalue weighted by molar-refractivity contribution is -0.130. The first-order chi connectivity index (χ1) is 9.58. The number of benzene rings is 1. The van der Waals surface area contributed by atoms with E-state index in [9.17, 15) is 9.59 Å². The number of rotatable bonds is 7. The molecule has 20 heavy (non-hydrogen) atoms. The van der Waals surface area contributed by atoms with Gasteiger partial charge in [-0.15, -0.1) is 0 Å². The Balaban J connectivity index is 2.49. The second kappa shape index (κ2) is 8.74. The number of nitrogens with one attached hydrogen (secondary N) is 1. The average Bonchev–Trinajstić information content (AvgIpc) is 2.45. The molecule has 0 heterocycles. The Morgan fingerprint density at radius 2 is 2.05 bits per heavy atom. The van der Waals surface area contributed by atoms with E-state index in [-0.39, 0.29) is 18.4 Å². The number of amides is 2. The van der Waals surface area contributed by atoms with Gasteiger partial charge in [0, 0.05) is 23.1 Å². The molecule has 1 aromatic carbocycles. The van der Waals surface area contributed by atoms with E-state index in [0.29, 0.717) is 12.1 Å². The number of carbonyl (C=O) groups is 2. The van der Waals surface area contributed by atoms with Crippen LogP contribution in [0.4, 0.5) is 0 Å². The molecule has 0 radical (unpaired) electrons. The molecule has 0 aliphatic carbocycles. The molecule has 0 fully saturated rings. The maximum atomic E-state index is 12.0. The highest BCUT2D eigenvalue weighted by Gasteiger charge is 2.13. The van der Waals surface area contributed by atoms with Crippen molar-refractivity contribution in [2.24, 2.45) is 0 Å². The van der Waals surface area contributed by atoms with E-state index in [4.69, 9.17) is 0 Å². The predicted octanol–water partition coefficient (Wildman–Crippen LogP) is 2.83. The highest BCUT2D eigenvalue weighted by atomic mass is 79.9. The van der Waals surface area contributed by atoms with Crippen molar-refractivity contribution in [2.45, 2.75) is 26.7 Å². The van der Waals surface area contributed by atoms with E-state index in [1.807, 2.05) is 13.0 Å². The third-order valence-electron chi connectivity index (χ3n) is 3.00. The van der Waals surface area contributed by atoms with Crippen molar-refractivity contribution in [3.8, 4) is 0 Å². The van der Waals surface area contributed by atoms with Gasteiger partial charge in [0.25, 0.3) is 5.91 Å². The van der Waals surface area contributed by atoms with Crippen molar-refractivity contribution in [3.05, 3.63) is 34.3 Å². The van der Waals surface area contributed by atoms with Gasteiger partial charge >= 0.3 is 0 Å². The van der Waals surface area contributed by atoms with Gasteiger partial charge in [-0.05, 0) is 31.5 Å². The van der Waals surface area contributed by atoms with Crippen LogP contribution in [0, 0.1) is 0 Å². The summed E-state index contributed by atoms with van der Waals surface area (Å²) in [6, 6.07) is 7.10. The van der Waals surface area contributed by atoms with E-state index in [1.165, 1.54) is 0 Å². The molecular formula is C15H21BrN2O2. The minimum absolute atomic E-state index is 0.0377. The van der Waals surface area contributed by atoms with Gasteiger partial charge < -0.3 is 10.2 Å². The van der Waals surface area contributed by atoms with Gasteiger partial charge in [0.2, 0.25) is 5.91 Å². The molecule has 0 bridgehead atoms. The van der Waals surface area contributed by atoms with E-state index < -0.39 is 0 Å². The quantitative estimate of drug-likeness (QED) is 0.829. The van der Waals surface area contributed by atoms with Gasteiger partial charge in [-0.2, -0.15) is 0 Å². The largest absolute Gasteiger partial charge is 0.343 e. The van der Waals surface area contributed by atoms with E-state index in [2.05, 4.69) is 28.2 Å². The number of carbonyl (C=O) groups excluding carboxylic acids is 2. The zero-order chi connectivity index (χ0) is 15.0. The summed E-state index contributed by atoms with van der Waals surface area (Å²) in [5, 5.41) is 2.67. The first kappa shape index (κ1) is 16.7. The van der Waals surface area contributed by atoms with E-state index >= 15 is 0 Å². The zero-order valence-electron chi connectivity index (χ0n) is 12.0. The Bertz CT molecular complexity index is 463. The van der Waals surface area contributed by atoms with Crippen molar-refractivity contribution in [3.63, 3.8) is 0 Å². The fourth-order valence-corrected chi connectivity index (χ4v) is 2.21. The fraction of sp³-hybridized carbons (Fsp3) is 0.467. The Kier molecular flexibility index (Phi) is 7.30. The topological polar surface area (TPSA) is 49.4 Å². The van der Waals surface area contributed by atoms with E-state index in [1.54, 1.807) is 23.1 Å². The number of hydrogen-bond donors (Lipinski definition) is 1. The maximum Gasteiger partial charge on any atom is 0.251 e. The molecule has 1 aromatic rings. The van der Waals surface area contributed by atoms with Crippen LogP contribution < -0.4 is 5.32 Å². The van der Waals surface area contributed by atoms with Crippen LogP contribution >= 0.6 is 15.9 Å². The van der Waals surface area contributed by atoms with Crippen LogP contribution in [0.1, 0.15) is 37.0 Å². The number of likely N-dealkylation sites (N-methyl/N-ethyl adjacent to an activating group) is 1. The van der Waals surface area contributed by atoms with Crippen LogP contribution in [0.2, 0.25) is 0 Å². The molecule has 1 N–H and O–H groups in total. The minimum Gasteiger partial charge on any atom is -0.343 e. The summed E-state index contributed by atoms with van der Waals surface area (Å²) >= 11 is 3.32. The van der Waals surface area contributed by atoms with Crippen molar-refractivity contribution in [2.75, 3.05) is 19.6 Å². The van der Waals surface area contributed by atoms with Crippen molar-refractivity contribution >= 4 is 27.7 Å². The van der Waals surface area contributed by atoms with Crippen LogP contribution in [-0.2, 0) is 4.79 Å². The summed E-state index contributed by atoms with van der Waals surface area (Å²) in [5.74, 6) is -0.268. The molecule has 2 amide bonds. The summed E-state index contributed by atoms with van der Waals surface area (Å²) in [6.07, 6.45) is 2.04. The Hall–Kier alpha value is -1.36. The van der Waals surface area contributed by atoms with Crippen molar-refractivity contribution < 1.29 is 9.59 Å². The second-order valence-corrected chi connectivity index (χ2v) is 5.44. The highest BCUT2D eigenvalue weighted by molar-refractivity contribution is 9.10. The molecule has 4 nitrogen and oxygen atoms in total. The van der Waals surface area contributed by atoms with Crippen LogP contribution in [0.25, 0.3) is 0 Å². The van der Waals surface area contributed by atoms with Gasteiger partial charge in [-0.1, -0.05) is 35.3 Å². The Labute approximate surface area is 128 Å². The van der Waals surface area contributed by atoms with Crippen LogP contribution in [-0.4, -0.2) is 36.3 Å². The molecule has 1 rings (SSSR count). The molecule has 0 aliphatic rings. The molecule has 0 saturated carbocycles. The van der Waals surface area contributed by atoms with Gasteiger partial charge in [0.15, 0.2) is 0 Å². The smallest absolute Gasteiger partial charge is 0.251 e. The standard InChI is InChI=1S/C15H21BrN2O2/c1-3-5-9-18(4-2)14(19)11-17-15(20)12-7-6-8-13(16)10-12/h6-8,10H,3-5,9,11H2,1-2H3,(H,17,20). The number of hydrogen-bond acceptors (Lipinski definition) is 2. The third kappa shape index (κ3) is 5.33. The molecule has 0 aromatic heterocycles. The molecule has 5 heteroatoms. The van der Waals surface area contributed by atoms with Crippen LogP contribution in [0.15, 0.2) is 28.7 Å². The predicted molar refractivity (Wildman–Crippen MR) is 83.6 cm³/mol. The third-order valence-corrected chi connectivity index (χ3v) is 3.50. The molecule has 0 saturated heterocycles. The summed E-state index contributed by atoms with van der Waals surface area (Å²) in [6.45, 7) is 5.50. The molecular weight excluding hydrogens is 320 g/mol. The summed E-state index contributed by atoms with van der Waals surface area (Å²) in [7, 11) is 0. The minimum atomic E-state index is -0.230. The average molecular weight is 341 g/mol. The van der Waals surface area contributed by atoms with Crippen LogP contribution in [0.5, 0.6) is 0 Å². The molecule has 0 unspecified atom stereocenters. The molecule has 0 atom stereocenters. The van der Waals surface area contributed by atoms with Crippen LogP contribution in [0.3, 0.4) is 0 Å². The summed E-state index contributed by atoms with van der Waals surface area (Å²) in [5.41, 5.74) is 0.545. The van der Waals surface area contributed by atoms with Gasteiger partial charge in [-0.25, -0.2) is 0 Å². The molecule has 0 spiro atoms. The first-order valence-electron chi connectivity index (χ1n) is 6.90. The lowest BCUT2D eigenvalue weighted by atomic mass is 10.2. The lowest BCUT2D eigenvalue weighted by Crippen LogP contribution is -2.40. The SMILES string of the molecule is CCCCN(CC)C(=O)CNC(=O)c1cccc(Br)c1. The van der Waals surface area contributed by atoms with Crippen molar-refractivity contribution in [1.29, 1.82) is 0 Å². The van der Waals surface area contributed by atoms with Crippen molar-refractivity contribution in [1.82, 2.24) is 10.2 Å². The lowest BCUT2D eigenvalue weighted by Gasteiger charge is -2.20. The van der Waals surface area contributed by atoms with Gasteiger partial charge in [0.05, 0.1) is 6.54 Å². The number of unbranched alkanes of at least 4 members (excludes halogenated alkanes) is 1. The highest BCUT2D eigenvalue weighted by Crippen LogP contribution is 2.11. The maximum absolute atomic E-state index is 12.0. The normalized spacial score (nSPS) is 10.2. The number of halogens is 1. The Morgan fingerprint density at radius 1 is 1.30 bits per heavy atom. The Morgan fingerprint density at radius 3 is 2.65 bits per heavy atom. The second-order valence-electron chi connectivity index (χ2n) is 4.52. The zero-order valence-corrected chi connectivity index (χ0v) is 13.6. The summed E-state index contributed by atoms with van der Waals surface area (Å²) < 4.78 is 0.842. The molecule has 110 valence electrons. The number of nitrogens with zero attached hydrogens (tertiary/aromatic N) is 1. The fourth-order valence-electron chi connectivity index (χ4n) is 1.81. The van der Waals surface area contributed by atoms with Gasteiger partial charge in [-0.3, -0.25) is 9.59 Å². The van der Waals surface area contributed by atoms with E-state index in [0.717, 1.165) is 23.9 Å². The van der Waals surface area contributed by atoms with Gasteiger partial charge in [0.1, 0.15) is 0 Å². The monoisotopic (exact) mass is 340 g/mol. The molecule has 0 aliphatic heterocycles. The first-order valence-corrected chi connectivity index (χ1v) is 7.69. The summed E-state index contributed by atoms with van der Waals surface area (Å²) in [4.78, 5) is 25.7.